The summed E-state index contributed by atoms with van der Waals surface area (Å²) in [5.74, 6) is 0.880. The third-order valence-corrected chi connectivity index (χ3v) is 1.65. The zero-order valence-corrected chi connectivity index (χ0v) is 7.94. The lowest BCUT2D eigenvalue weighted by molar-refractivity contribution is 0.198. The second-order valence-corrected chi connectivity index (χ2v) is 4.37. The zero-order chi connectivity index (χ0) is 8.32. The Labute approximate surface area is 71.4 Å². The first-order valence-electron chi connectivity index (χ1n) is 3.60. The molecule has 0 unspecified atom stereocenters. The summed E-state index contributed by atoms with van der Waals surface area (Å²) >= 11 is 1.42. The molecule has 62 valence electrons. The van der Waals surface area contributed by atoms with Crippen molar-refractivity contribution in [2.45, 2.75) is 20.8 Å². The maximum absolute atomic E-state index is 5.46. The summed E-state index contributed by atoms with van der Waals surface area (Å²) in [6.07, 6.45) is 1.75. The maximum Gasteiger partial charge on any atom is 0.150 e. The largest absolute Gasteiger partial charge is 0.490 e. The van der Waals surface area contributed by atoms with Crippen molar-refractivity contribution in [3.05, 3.63) is 11.6 Å². The standard InChI is InChI=1S/C8H13NOS/c1-8(2,3)6-10-7-4-9-11-5-7/h4-5H,6H2,1-3H3. The molecule has 0 aromatic carbocycles. The van der Waals surface area contributed by atoms with Crippen LogP contribution >= 0.6 is 11.5 Å². The first kappa shape index (κ1) is 8.53. The lowest BCUT2D eigenvalue weighted by Gasteiger charge is -2.17. The molecule has 0 atom stereocenters. The molecule has 0 amide bonds. The molecule has 0 bridgehead atoms. The third-order valence-electron chi connectivity index (χ3n) is 1.08. The van der Waals surface area contributed by atoms with E-state index >= 15 is 0 Å². The fourth-order valence-corrected chi connectivity index (χ4v) is 1.02. The van der Waals surface area contributed by atoms with Crippen molar-refractivity contribution in [1.82, 2.24) is 4.37 Å². The summed E-state index contributed by atoms with van der Waals surface area (Å²) in [6.45, 7) is 7.18. The highest BCUT2D eigenvalue weighted by atomic mass is 32.1. The molecule has 1 rings (SSSR count). The van der Waals surface area contributed by atoms with Crippen LogP contribution in [0.2, 0.25) is 0 Å². The summed E-state index contributed by atoms with van der Waals surface area (Å²) < 4.78 is 9.40. The molecule has 0 spiro atoms. The fourth-order valence-electron chi connectivity index (χ4n) is 0.566. The van der Waals surface area contributed by atoms with Crippen LogP contribution in [-0.4, -0.2) is 11.0 Å². The molecule has 0 aliphatic rings. The van der Waals surface area contributed by atoms with E-state index in [9.17, 15) is 0 Å². The topological polar surface area (TPSA) is 22.1 Å². The van der Waals surface area contributed by atoms with Crippen LogP contribution in [0.4, 0.5) is 0 Å². The number of hydrogen-bond donors (Lipinski definition) is 0. The van der Waals surface area contributed by atoms with Gasteiger partial charge in [0, 0.05) is 0 Å². The van der Waals surface area contributed by atoms with E-state index in [1.807, 2.05) is 5.38 Å². The van der Waals surface area contributed by atoms with Crippen LogP contribution in [0, 0.1) is 5.41 Å². The van der Waals surface area contributed by atoms with Gasteiger partial charge in [0.05, 0.1) is 18.2 Å². The van der Waals surface area contributed by atoms with Gasteiger partial charge in [-0.25, -0.2) is 0 Å². The van der Waals surface area contributed by atoms with E-state index in [0.717, 1.165) is 12.4 Å². The minimum absolute atomic E-state index is 0.224. The van der Waals surface area contributed by atoms with Crippen LogP contribution in [0.25, 0.3) is 0 Å². The Bertz CT molecular complexity index is 200. The molecule has 1 aromatic rings. The molecule has 0 saturated carbocycles. The predicted octanol–water partition coefficient (Wildman–Crippen LogP) is 2.57. The minimum atomic E-state index is 0.224. The van der Waals surface area contributed by atoms with Crippen LogP contribution in [-0.2, 0) is 0 Å². The molecule has 2 nitrogen and oxygen atoms in total. The molecular weight excluding hydrogens is 158 g/mol. The smallest absolute Gasteiger partial charge is 0.150 e. The number of ether oxygens (including phenoxy) is 1. The molecule has 1 heterocycles. The van der Waals surface area contributed by atoms with E-state index in [0.29, 0.717) is 0 Å². The second kappa shape index (κ2) is 3.22. The molecule has 0 aliphatic carbocycles. The average molecular weight is 171 g/mol. The van der Waals surface area contributed by atoms with Gasteiger partial charge in [-0.15, -0.1) is 0 Å². The Morgan fingerprint density at radius 1 is 1.55 bits per heavy atom. The fraction of sp³-hybridized carbons (Fsp3) is 0.625. The van der Waals surface area contributed by atoms with Crippen molar-refractivity contribution in [1.29, 1.82) is 0 Å². The predicted molar refractivity (Wildman–Crippen MR) is 47.1 cm³/mol. The zero-order valence-electron chi connectivity index (χ0n) is 7.13. The summed E-state index contributed by atoms with van der Waals surface area (Å²) in [5.41, 5.74) is 0.224. The normalized spacial score (nSPS) is 11.5. The number of hydrogen-bond acceptors (Lipinski definition) is 3. The number of rotatable bonds is 2. The number of nitrogens with zero attached hydrogens (tertiary/aromatic N) is 1. The van der Waals surface area contributed by atoms with Gasteiger partial charge in [-0.2, -0.15) is 4.37 Å². The van der Waals surface area contributed by atoms with Gasteiger partial charge < -0.3 is 4.74 Å². The van der Waals surface area contributed by atoms with E-state index in [1.165, 1.54) is 11.5 Å². The van der Waals surface area contributed by atoms with Crippen molar-refractivity contribution in [2.75, 3.05) is 6.61 Å². The Morgan fingerprint density at radius 3 is 2.73 bits per heavy atom. The van der Waals surface area contributed by atoms with Crippen LogP contribution in [0.1, 0.15) is 20.8 Å². The van der Waals surface area contributed by atoms with Crippen molar-refractivity contribution < 1.29 is 4.74 Å². The SMILES string of the molecule is CC(C)(C)COc1cnsc1. The van der Waals surface area contributed by atoms with Crippen molar-refractivity contribution in [3.63, 3.8) is 0 Å². The quantitative estimate of drug-likeness (QED) is 0.682. The summed E-state index contributed by atoms with van der Waals surface area (Å²) in [7, 11) is 0. The highest BCUT2D eigenvalue weighted by Crippen LogP contribution is 2.17. The summed E-state index contributed by atoms with van der Waals surface area (Å²) in [5, 5.41) is 1.91. The monoisotopic (exact) mass is 171 g/mol. The molecule has 0 radical (unpaired) electrons. The summed E-state index contributed by atoms with van der Waals surface area (Å²) in [4.78, 5) is 0. The van der Waals surface area contributed by atoms with E-state index in [2.05, 4.69) is 25.1 Å². The van der Waals surface area contributed by atoms with Crippen molar-refractivity contribution >= 4 is 11.5 Å². The van der Waals surface area contributed by atoms with E-state index < -0.39 is 0 Å². The molecular formula is C8H13NOS. The molecule has 0 saturated heterocycles. The Balaban J connectivity index is 2.35. The lowest BCUT2D eigenvalue weighted by atomic mass is 9.99. The van der Waals surface area contributed by atoms with Gasteiger partial charge in [-0.05, 0) is 16.9 Å². The molecule has 1 aromatic heterocycles. The van der Waals surface area contributed by atoms with E-state index in [4.69, 9.17) is 4.74 Å². The maximum atomic E-state index is 5.46. The molecule has 3 heteroatoms. The average Bonchev–Trinajstić information content (AvgIpc) is 2.32. The van der Waals surface area contributed by atoms with Gasteiger partial charge in [0.25, 0.3) is 0 Å². The lowest BCUT2D eigenvalue weighted by Crippen LogP contribution is -2.16. The van der Waals surface area contributed by atoms with E-state index in [1.54, 1.807) is 6.20 Å². The van der Waals surface area contributed by atoms with Gasteiger partial charge in [0.15, 0.2) is 0 Å². The van der Waals surface area contributed by atoms with Crippen LogP contribution in [0.5, 0.6) is 5.75 Å². The van der Waals surface area contributed by atoms with Crippen LogP contribution < -0.4 is 4.74 Å². The molecule has 0 N–H and O–H groups in total. The second-order valence-electron chi connectivity index (χ2n) is 3.71. The molecule has 0 fully saturated rings. The Kier molecular flexibility index (Phi) is 2.49. The minimum Gasteiger partial charge on any atom is -0.490 e. The Hall–Kier alpha value is -0.570. The van der Waals surface area contributed by atoms with E-state index in [-0.39, 0.29) is 5.41 Å². The van der Waals surface area contributed by atoms with Crippen molar-refractivity contribution in [2.24, 2.45) is 5.41 Å². The molecule has 0 aliphatic heterocycles. The third kappa shape index (κ3) is 3.37. The van der Waals surface area contributed by atoms with Crippen molar-refractivity contribution in [3.8, 4) is 5.75 Å². The Morgan fingerprint density at radius 2 is 2.27 bits per heavy atom. The van der Waals surface area contributed by atoms with Gasteiger partial charge >= 0.3 is 0 Å². The van der Waals surface area contributed by atoms with Crippen LogP contribution in [0.15, 0.2) is 11.6 Å². The highest BCUT2D eigenvalue weighted by Gasteiger charge is 2.10. The van der Waals surface area contributed by atoms with Gasteiger partial charge in [-0.3, -0.25) is 0 Å². The van der Waals surface area contributed by atoms with Gasteiger partial charge in [0.1, 0.15) is 5.75 Å². The molecule has 11 heavy (non-hydrogen) atoms. The first-order chi connectivity index (χ1) is 5.08. The number of aromatic nitrogens is 1. The highest BCUT2D eigenvalue weighted by molar-refractivity contribution is 7.03. The first-order valence-corrected chi connectivity index (χ1v) is 4.44. The van der Waals surface area contributed by atoms with Crippen LogP contribution in [0.3, 0.4) is 0 Å². The van der Waals surface area contributed by atoms with Gasteiger partial charge in [-0.1, -0.05) is 20.8 Å². The van der Waals surface area contributed by atoms with Gasteiger partial charge in [0.2, 0.25) is 0 Å². The summed E-state index contributed by atoms with van der Waals surface area (Å²) in [6, 6.07) is 0.